The lowest BCUT2D eigenvalue weighted by Gasteiger charge is -2.18. The molecule has 296 valence electrons. The molecule has 0 aliphatic rings. The van der Waals surface area contributed by atoms with Gasteiger partial charge in [0, 0.05) is 39.0 Å². The van der Waals surface area contributed by atoms with Crippen LogP contribution in [0.4, 0.5) is 0 Å². The minimum Gasteiger partial charge on any atom is -0.379 e. The third kappa shape index (κ3) is 33.1. The summed E-state index contributed by atoms with van der Waals surface area (Å²) in [5.74, 6) is -1.69. The highest BCUT2D eigenvalue weighted by molar-refractivity contribution is 9.09. The van der Waals surface area contributed by atoms with Crippen molar-refractivity contribution in [2.45, 2.75) is 38.1 Å². The third-order valence-corrected chi connectivity index (χ3v) is 7.25. The standard InChI is InChI=1S/C30H54Br2N6O13/c31-22-28(42)33-6-1-2-24(37-29(43)23-32)30(44)36-9-15-51-21-17-47-11-4-26(40)34-7-13-49-19-16-46-10-3-25(39)35-8-14-50-20-18-48-12-5-27(41)38-45/h24,45H,1-23H2,(H,33,42)(H,34,40)(H,35,39)(H,36,44)(H,37,43)(H,38,41)/t24-/m0/s1. The van der Waals surface area contributed by atoms with E-state index in [-0.39, 0.29) is 106 Å². The molecular weight excluding hydrogens is 812 g/mol. The summed E-state index contributed by atoms with van der Waals surface area (Å²) in [6, 6.07) is -0.732. The fourth-order valence-electron chi connectivity index (χ4n) is 3.67. The van der Waals surface area contributed by atoms with Gasteiger partial charge in [-0.15, -0.1) is 0 Å². The molecular formula is C30H54Br2N6O13. The van der Waals surface area contributed by atoms with Gasteiger partial charge in [-0.1, -0.05) is 31.9 Å². The lowest BCUT2D eigenvalue weighted by Crippen LogP contribution is -2.48. The summed E-state index contributed by atoms with van der Waals surface area (Å²) in [6.07, 6.45) is 1.30. The summed E-state index contributed by atoms with van der Waals surface area (Å²) in [5, 5.41) is 22.1. The van der Waals surface area contributed by atoms with Crippen LogP contribution in [0.1, 0.15) is 32.1 Å². The number of rotatable bonds is 35. The molecule has 0 aromatic rings. The Kier molecular flexibility index (Phi) is 34.1. The predicted octanol–water partition coefficient (Wildman–Crippen LogP) is -1.72. The number of hydrogen-bond donors (Lipinski definition) is 7. The molecule has 0 fully saturated rings. The second-order valence-corrected chi connectivity index (χ2v) is 11.5. The lowest BCUT2D eigenvalue weighted by molar-refractivity contribution is -0.130. The van der Waals surface area contributed by atoms with Gasteiger partial charge in [0.2, 0.25) is 35.4 Å². The van der Waals surface area contributed by atoms with Gasteiger partial charge in [-0.25, -0.2) is 5.48 Å². The Balaban J connectivity index is 3.60. The molecule has 0 spiro atoms. The average molecular weight is 867 g/mol. The number of nitrogens with one attached hydrogen (secondary N) is 6. The van der Waals surface area contributed by atoms with Crippen LogP contribution in [-0.2, 0) is 57.2 Å². The van der Waals surface area contributed by atoms with E-state index in [1.54, 1.807) is 0 Å². The molecule has 0 unspecified atom stereocenters. The molecule has 0 rings (SSSR count). The van der Waals surface area contributed by atoms with E-state index in [0.717, 1.165) is 0 Å². The Morgan fingerprint density at radius 2 is 0.863 bits per heavy atom. The predicted molar refractivity (Wildman–Crippen MR) is 189 cm³/mol. The van der Waals surface area contributed by atoms with E-state index in [4.69, 9.17) is 33.6 Å². The molecule has 0 aromatic carbocycles. The molecule has 19 nitrogen and oxygen atoms in total. The molecule has 0 bridgehead atoms. The minimum absolute atomic E-state index is 0.0559. The molecule has 0 aliphatic heterocycles. The van der Waals surface area contributed by atoms with Gasteiger partial charge in [0.15, 0.2) is 0 Å². The zero-order valence-corrected chi connectivity index (χ0v) is 32.1. The maximum absolute atomic E-state index is 12.5. The number of carbonyl (C=O) groups is 6. The Hall–Kier alpha value is -2.50. The van der Waals surface area contributed by atoms with Crippen LogP contribution in [0.15, 0.2) is 0 Å². The van der Waals surface area contributed by atoms with Crippen LogP contribution in [0.2, 0.25) is 0 Å². The fraction of sp³-hybridized carbons (Fsp3) is 0.800. The van der Waals surface area contributed by atoms with Gasteiger partial charge in [-0.3, -0.25) is 34.0 Å². The topological polar surface area (TPSA) is 250 Å². The van der Waals surface area contributed by atoms with Crippen molar-refractivity contribution in [2.24, 2.45) is 0 Å². The number of amides is 6. The van der Waals surface area contributed by atoms with Gasteiger partial charge in [0.1, 0.15) is 6.04 Å². The van der Waals surface area contributed by atoms with E-state index in [9.17, 15) is 28.8 Å². The molecule has 6 amide bonds. The van der Waals surface area contributed by atoms with E-state index < -0.39 is 11.9 Å². The SMILES string of the molecule is O=C(CCOCCOCCNC(=O)CCOCCOCCNC(=O)CCOCCOCCNC(=O)[C@H](CCCNC(=O)CBr)NC(=O)CBr)NO. The first-order chi connectivity index (χ1) is 24.7. The van der Waals surface area contributed by atoms with Crippen LogP contribution in [0.3, 0.4) is 0 Å². The van der Waals surface area contributed by atoms with Crippen molar-refractivity contribution >= 4 is 67.3 Å². The van der Waals surface area contributed by atoms with Gasteiger partial charge in [0.05, 0.1) is 96.4 Å². The number of carbonyl (C=O) groups excluding carboxylic acids is 6. The minimum atomic E-state index is -0.732. The largest absolute Gasteiger partial charge is 0.379 e. The molecule has 0 aliphatic carbocycles. The second-order valence-electron chi connectivity index (χ2n) is 10.3. The van der Waals surface area contributed by atoms with Gasteiger partial charge < -0.3 is 55.0 Å². The van der Waals surface area contributed by atoms with Crippen molar-refractivity contribution in [3.05, 3.63) is 0 Å². The Morgan fingerprint density at radius 1 is 0.471 bits per heavy atom. The van der Waals surface area contributed by atoms with Crippen molar-refractivity contribution in [2.75, 3.05) is 116 Å². The number of hydroxylamine groups is 1. The van der Waals surface area contributed by atoms with Crippen LogP contribution < -0.4 is 32.1 Å². The smallest absolute Gasteiger partial charge is 0.245 e. The van der Waals surface area contributed by atoms with Crippen molar-refractivity contribution in [3.8, 4) is 0 Å². The molecule has 0 aromatic heterocycles. The van der Waals surface area contributed by atoms with Gasteiger partial charge >= 0.3 is 0 Å². The molecule has 0 radical (unpaired) electrons. The quantitative estimate of drug-likeness (QED) is 0.0162. The summed E-state index contributed by atoms with van der Waals surface area (Å²) in [7, 11) is 0. The van der Waals surface area contributed by atoms with Gasteiger partial charge in [-0.2, -0.15) is 0 Å². The molecule has 51 heavy (non-hydrogen) atoms. The summed E-state index contributed by atoms with van der Waals surface area (Å²) in [5.41, 5.74) is 1.51. The molecule has 0 heterocycles. The average Bonchev–Trinajstić information content (AvgIpc) is 3.13. The highest BCUT2D eigenvalue weighted by Gasteiger charge is 2.19. The third-order valence-electron chi connectivity index (χ3n) is 6.23. The number of halogens is 2. The number of ether oxygens (including phenoxy) is 6. The first-order valence-electron chi connectivity index (χ1n) is 16.6. The van der Waals surface area contributed by atoms with E-state index in [2.05, 4.69) is 58.4 Å². The molecule has 0 saturated heterocycles. The lowest BCUT2D eigenvalue weighted by atomic mass is 10.1. The highest BCUT2D eigenvalue weighted by Crippen LogP contribution is 1.99. The summed E-state index contributed by atoms with van der Waals surface area (Å²) < 4.78 is 32.1. The van der Waals surface area contributed by atoms with E-state index in [1.807, 2.05) is 0 Å². The highest BCUT2D eigenvalue weighted by atomic mass is 79.9. The van der Waals surface area contributed by atoms with Crippen molar-refractivity contribution in [1.82, 2.24) is 32.1 Å². The molecule has 21 heteroatoms. The first kappa shape index (κ1) is 48.5. The first-order valence-corrected chi connectivity index (χ1v) is 18.9. The Morgan fingerprint density at radius 3 is 1.29 bits per heavy atom. The summed E-state index contributed by atoms with van der Waals surface area (Å²) >= 11 is 6.12. The van der Waals surface area contributed by atoms with Crippen molar-refractivity contribution < 1.29 is 62.4 Å². The van der Waals surface area contributed by atoms with Crippen LogP contribution in [-0.4, -0.2) is 163 Å². The molecule has 7 N–H and O–H groups in total. The van der Waals surface area contributed by atoms with E-state index in [1.165, 1.54) is 5.48 Å². The van der Waals surface area contributed by atoms with Gasteiger partial charge in [0.25, 0.3) is 0 Å². The molecule has 1 atom stereocenters. The van der Waals surface area contributed by atoms with E-state index >= 15 is 0 Å². The van der Waals surface area contributed by atoms with Crippen LogP contribution in [0, 0.1) is 0 Å². The van der Waals surface area contributed by atoms with Crippen molar-refractivity contribution in [3.63, 3.8) is 0 Å². The Labute approximate surface area is 315 Å². The zero-order valence-electron chi connectivity index (χ0n) is 28.9. The summed E-state index contributed by atoms with van der Waals surface area (Å²) in [4.78, 5) is 70.1. The number of alkyl halides is 2. The Bertz CT molecular complexity index is 971. The maximum atomic E-state index is 12.5. The van der Waals surface area contributed by atoms with E-state index in [0.29, 0.717) is 72.1 Å². The monoisotopic (exact) mass is 864 g/mol. The maximum Gasteiger partial charge on any atom is 0.245 e. The van der Waals surface area contributed by atoms with Gasteiger partial charge in [-0.05, 0) is 12.8 Å². The fourth-order valence-corrected chi connectivity index (χ4v) is 4.03. The zero-order chi connectivity index (χ0) is 37.8. The number of hydrogen-bond acceptors (Lipinski definition) is 13. The van der Waals surface area contributed by atoms with Crippen LogP contribution in [0.5, 0.6) is 0 Å². The normalized spacial score (nSPS) is 11.4. The van der Waals surface area contributed by atoms with Crippen LogP contribution >= 0.6 is 31.9 Å². The van der Waals surface area contributed by atoms with Crippen molar-refractivity contribution in [1.29, 1.82) is 0 Å². The van der Waals surface area contributed by atoms with Crippen LogP contribution in [0.25, 0.3) is 0 Å². The molecule has 0 saturated carbocycles. The summed E-state index contributed by atoms with van der Waals surface area (Å²) in [6.45, 7) is 4.59. The second kappa shape index (κ2) is 35.9.